The molecule has 0 atom stereocenters. The molecule has 1 aromatic carbocycles. The number of nitrogens with zero attached hydrogens (tertiary/aromatic N) is 4. The maximum atomic E-state index is 12.9. The molecule has 26 heavy (non-hydrogen) atoms. The van der Waals surface area contributed by atoms with Gasteiger partial charge in [-0.3, -0.25) is 9.78 Å². The van der Waals surface area contributed by atoms with E-state index in [1.807, 2.05) is 0 Å². The van der Waals surface area contributed by atoms with Crippen molar-refractivity contribution in [2.45, 2.75) is 4.90 Å². The smallest absolute Gasteiger partial charge is 0.255 e. The second-order valence-corrected chi connectivity index (χ2v) is 7.96. The number of hydrogen-bond acceptors (Lipinski definition) is 5. The Bertz CT molecular complexity index is 1040. The summed E-state index contributed by atoms with van der Waals surface area (Å²) >= 11 is 0. The normalized spacial score (nSPS) is 16.1. The van der Waals surface area contributed by atoms with Crippen LogP contribution in [0.25, 0.3) is 11.0 Å². The number of rotatable bonds is 3. The Morgan fingerprint density at radius 1 is 1.12 bits per heavy atom. The van der Waals surface area contributed by atoms with Gasteiger partial charge >= 0.3 is 0 Å². The van der Waals surface area contributed by atoms with Crippen LogP contribution in [0.3, 0.4) is 0 Å². The summed E-state index contributed by atoms with van der Waals surface area (Å²) in [5.41, 5.74) is 1.90. The molecule has 3 heterocycles. The third-order valence-electron chi connectivity index (χ3n) is 4.46. The number of aromatic amines is 1. The molecule has 4 rings (SSSR count). The molecule has 0 radical (unpaired) electrons. The van der Waals surface area contributed by atoms with E-state index >= 15 is 0 Å². The summed E-state index contributed by atoms with van der Waals surface area (Å²) in [4.78, 5) is 25.3. The minimum absolute atomic E-state index is 0.131. The average Bonchev–Trinajstić information content (AvgIpc) is 3.16. The van der Waals surface area contributed by atoms with Crippen molar-refractivity contribution in [3.05, 3.63) is 54.6 Å². The molecule has 0 spiro atoms. The van der Waals surface area contributed by atoms with Crippen molar-refractivity contribution in [3.63, 3.8) is 0 Å². The number of hydrogen-bond donors (Lipinski definition) is 1. The van der Waals surface area contributed by atoms with Crippen molar-refractivity contribution in [2.75, 3.05) is 26.2 Å². The van der Waals surface area contributed by atoms with Gasteiger partial charge in [0.15, 0.2) is 0 Å². The lowest BCUT2D eigenvalue weighted by molar-refractivity contribution is 0.0697. The maximum Gasteiger partial charge on any atom is 0.255 e. The molecule has 1 aliphatic heterocycles. The monoisotopic (exact) mass is 371 g/mol. The zero-order valence-corrected chi connectivity index (χ0v) is 14.7. The molecule has 0 bridgehead atoms. The Balaban J connectivity index is 1.49. The van der Waals surface area contributed by atoms with E-state index in [0.717, 1.165) is 5.52 Å². The minimum Gasteiger partial charge on any atom is -0.345 e. The molecule has 1 N–H and O–H groups in total. The highest BCUT2D eigenvalue weighted by Gasteiger charge is 2.30. The van der Waals surface area contributed by atoms with Gasteiger partial charge in [0, 0.05) is 38.6 Å². The number of amides is 1. The lowest BCUT2D eigenvalue weighted by atomic mass is 10.2. The maximum absolute atomic E-state index is 12.9. The zero-order chi connectivity index (χ0) is 18.1. The Hall–Kier alpha value is -2.78. The largest absolute Gasteiger partial charge is 0.345 e. The van der Waals surface area contributed by atoms with E-state index in [-0.39, 0.29) is 23.9 Å². The van der Waals surface area contributed by atoms with Gasteiger partial charge in [-0.15, -0.1) is 0 Å². The first-order chi connectivity index (χ1) is 12.6. The molecule has 134 valence electrons. The van der Waals surface area contributed by atoms with E-state index in [0.29, 0.717) is 24.2 Å². The molecule has 1 aliphatic rings. The number of nitrogens with one attached hydrogen (secondary N) is 1. The topological polar surface area (TPSA) is 99.3 Å². The molecule has 0 unspecified atom stereocenters. The summed E-state index contributed by atoms with van der Waals surface area (Å²) in [7, 11) is -3.61. The summed E-state index contributed by atoms with van der Waals surface area (Å²) in [5.74, 6) is -0.131. The second-order valence-electron chi connectivity index (χ2n) is 6.02. The quantitative estimate of drug-likeness (QED) is 0.743. The van der Waals surface area contributed by atoms with E-state index in [1.165, 1.54) is 16.8 Å². The summed E-state index contributed by atoms with van der Waals surface area (Å²) in [6.45, 7) is 1.21. The molecule has 9 heteroatoms. The Kier molecular flexibility index (Phi) is 4.17. The van der Waals surface area contributed by atoms with Crippen LogP contribution in [0, 0.1) is 0 Å². The van der Waals surface area contributed by atoms with Crippen molar-refractivity contribution in [3.8, 4) is 0 Å². The standard InChI is InChI=1S/C17H17N5O3S/c23-17(13-2-1-5-18-11-13)21-6-8-22(9-7-21)26(24,25)14-3-4-15-16(10-14)20-12-19-15/h1-5,10-12H,6-9H2,(H,19,20). The van der Waals surface area contributed by atoms with E-state index < -0.39 is 10.0 Å². The number of carbonyl (C=O) groups is 1. The zero-order valence-electron chi connectivity index (χ0n) is 13.9. The number of H-pyrrole nitrogens is 1. The first-order valence-corrected chi connectivity index (χ1v) is 9.62. The Morgan fingerprint density at radius 3 is 2.65 bits per heavy atom. The van der Waals surface area contributed by atoms with E-state index in [9.17, 15) is 13.2 Å². The van der Waals surface area contributed by atoms with Crippen LogP contribution in [0.1, 0.15) is 10.4 Å². The lowest BCUT2D eigenvalue weighted by Crippen LogP contribution is -2.50. The molecule has 1 amide bonds. The molecule has 1 saturated heterocycles. The first kappa shape index (κ1) is 16.7. The van der Waals surface area contributed by atoms with Gasteiger partial charge in [-0.1, -0.05) is 0 Å². The predicted molar refractivity (Wildman–Crippen MR) is 95.0 cm³/mol. The van der Waals surface area contributed by atoms with Gasteiger partial charge in [0.25, 0.3) is 5.91 Å². The third kappa shape index (κ3) is 2.95. The average molecular weight is 371 g/mol. The number of sulfonamides is 1. The number of carbonyl (C=O) groups excluding carboxylic acids is 1. The Morgan fingerprint density at radius 2 is 1.92 bits per heavy atom. The van der Waals surface area contributed by atoms with Crippen LogP contribution in [0.4, 0.5) is 0 Å². The molecule has 0 aliphatic carbocycles. The fourth-order valence-electron chi connectivity index (χ4n) is 3.03. The summed E-state index contributed by atoms with van der Waals surface area (Å²) < 4.78 is 27.2. The van der Waals surface area contributed by atoms with Gasteiger partial charge in [-0.05, 0) is 30.3 Å². The molecule has 0 saturated carbocycles. The van der Waals surface area contributed by atoms with E-state index in [4.69, 9.17) is 0 Å². The molecule has 2 aromatic heterocycles. The lowest BCUT2D eigenvalue weighted by Gasteiger charge is -2.34. The van der Waals surface area contributed by atoms with Crippen LogP contribution < -0.4 is 0 Å². The number of fused-ring (bicyclic) bond motifs is 1. The highest BCUT2D eigenvalue weighted by molar-refractivity contribution is 7.89. The number of pyridine rings is 1. The van der Waals surface area contributed by atoms with Crippen LogP contribution in [0.15, 0.2) is 53.9 Å². The van der Waals surface area contributed by atoms with Crippen LogP contribution in [0.5, 0.6) is 0 Å². The number of aromatic nitrogens is 3. The predicted octanol–water partition coefficient (Wildman–Crippen LogP) is 1.10. The number of imidazole rings is 1. The molecular weight excluding hydrogens is 354 g/mol. The van der Waals surface area contributed by atoms with Gasteiger partial charge in [-0.25, -0.2) is 13.4 Å². The number of benzene rings is 1. The molecule has 3 aromatic rings. The molecule has 1 fully saturated rings. The fourth-order valence-corrected chi connectivity index (χ4v) is 4.48. The van der Waals surface area contributed by atoms with Gasteiger partial charge < -0.3 is 9.88 Å². The van der Waals surface area contributed by atoms with Crippen LogP contribution in [-0.2, 0) is 10.0 Å². The first-order valence-electron chi connectivity index (χ1n) is 8.18. The van der Waals surface area contributed by atoms with Crippen molar-refractivity contribution >= 4 is 27.0 Å². The number of piperazine rings is 1. The van der Waals surface area contributed by atoms with Crippen LogP contribution >= 0.6 is 0 Å². The third-order valence-corrected chi connectivity index (χ3v) is 6.36. The van der Waals surface area contributed by atoms with Crippen LogP contribution in [-0.4, -0.2) is 64.7 Å². The highest BCUT2D eigenvalue weighted by atomic mass is 32.2. The molecule has 8 nitrogen and oxygen atoms in total. The van der Waals surface area contributed by atoms with Crippen molar-refractivity contribution in [2.24, 2.45) is 0 Å². The summed E-state index contributed by atoms with van der Waals surface area (Å²) in [5, 5.41) is 0. The van der Waals surface area contributed by atoms with Crippen molar-refractivity contribution in [1.82, 2.24) is 24.2 Å². The van der Waals surface area contributed by atoms with Crippen molar-refractivity contribution in [1.29, 1.82) is 0 Å². The van der Waals surface area contributed by atoms with E-state index in [2.05, 4.69) is 15.0 Å². The second kappa shape index (κ2) is 6.50. The highest BCUT2D eigenvalue weighted by Crippen LogP contribution is 2.21. The van der Waals surface area contributed by atoms with Gasteiger partial charge in [0.2, 0.25) is 10.0 Å². The van der Waals surface area contributed by atoms with Gasteiger partial charge in [0.05, 0.1) is 27.8 Å². The van der Waals surface area contributed by atoms with Crippen LogP contribution in [0.2, 0.25) is 0 Å². The molecular formula is C17H17N5O3S. The SMILES string of the molecule is O=C(c1cccnc1)N1CCN(S(=O)(=O)c2ccc3nc[nH]c3c2)CC1. The van der Waals surface area contributed by atoms with E-state index in [1.54, 1.807) is 41.4 Å². The Labute approximate surface area is 150 Å². The van der Waals surface area contributed by atoms with Gasteiger partial charge in [-0.2, -0.15) is 4.31 Å². The summed E-state index contributed by atoms with van der Waals surface area (Å²) in [6.07, 6.45) is 4.66. The summed E-state index contributed by atoms with van der Waals surface area (Å²) in [6, 6.07) is 8.25. The van der Waals surface area contributed by atoms with Crippen molar-refractivity contribution < 1.29 is 13.2 Å². The fraction of sp³-hybridized carbons (Fsp3) is 0.235. The minimum atomic E-state index is -3.61. The van der Waals surface area contributed by atoms with Gasteiger partial charge in [0.1, 0.15) is 0 Å².